The first kappa shape index (κ1) is 18.6. The molecule has 0 radical (unpaired) electrons. The Morgan fingerprint density at radius 1 is 1.18 bits per heavy atom. The lowest BCUT2D eigenvalue weighted by molar-refractivity contribution is -0.141. The van der Waals surface area contributed by atoms with Gasteiger partial charge in [0.2, 0.25) is 11.8 Å². The fourth-order valence-electron chi connectivity index (χ4n) is 4.58. The van der Waals surface area contributed by atoms with Crippen LogP contribution in [-0.4, -0.2) is 52.3 Å². The lowest BCUT2D eigenvalue weighted by Gasteiger charge is -2.40. The van der Waals surface area contributed by atoms with Crippen LogP contribution >= 0.6 is 0 Å². The van der Waals surface area contributed by atoms with Crippen molar-refractivity contribution >= 4 is 11.8 Å². The molecule has 3 atom stereocenters. The van der Waals surface area contributed by atoms with E-state index in [1.54, 1.807) is 12.4 Å². The first-order chi connectivity index (χ1) is 13.7. The zero-order valence-corrected chi connectivity index (χ0v) is 16.1. The van der Waals surface area contributed by atoms with Crippen molar-refractivity contribution in [3.05, 3.63) is 66.0 Å². The summed E-state index contributed by atoms with van der Waals surface area (Å²) in [5.74, 6) is -0.0673. The monoisotopic (exact) mass is 378 g/mol. The Morgan fingerprint density at radius 3 is 2.64 bits per heavy atom. The van der Waals surface area contributed by atoms with Gasteiger partial charge in [-0.25, -0.2) is 0 Å². The molecule has 0 bridgehead atoms. The molecule has 2 aromatic rings. The predicted octanol–water partition coefficient (Wildman–Crippen LogP) is 1.99. The molecule has 2 amide bonds. The highest BCUT2D eigenvalue weighted by Gasteiger charge is 2.49. The van der Waals surface area contributed by atoms with Gasteiger partial charge >= 0.3 is 0 Å². The van der Waals surface area contributed by atoms with Gasteiger partial charge in [-0.2, -0.15) is 0 Å². The Balaban J connectivity index is 1.58. The highest BCUT2D eigenvalue weighted by Crippen LogP contribution is 2.43. The summed E-state index contributed by atoms with van der Waals surface area (Å²) >= 11 is 0. The van der Waals surface area contributed by atoms with Crippen LogP contribution in [0.4, 0.5) is 0 Å². The molecule has 0 saturated carbocycles. The molecule has 2 unspecified atom stereocenters. The quantitative estimate of drug-likeness (QED) is 0.864. The molecule has 0 aliphatic carbocycles. The zero-order valence-electron chi connectivity index (χ0n) is 16.1. The molecule has 2 saturated heterocycles. The second-order valence-corrected chi connectivity index (χ2v) is 7.57. The molecule has 2 aliphatic heterocycles. The maximum Gasteiger partial charge on any atom is 0.237 e. The topological polar surface area (TPSA) is 65.5 Å². The standard InChI is InChI=1S/C22H26N4O2/c1-2-24-22(28)19-12-18-14-25(13-16-8-10-23-11-9-16)15-20(27)26(18)21(19)17-6-4-3-5-7-17/h3-11,18-19,21H,2,12-15H2,1H3,(H,24,28)/t18-,19?,21?/m1/s1. The lowest BCUT2D eigenvalue weighted by atomic mass is 9.92. The second-order valence-electron chi connectivity index (χ2n) is 7.57. The van der Waals surface area contributed by atoms with Gasteiger partial charge in [-0.15, -0.1) is 0 Å². The number of nitrogens with zero attached hydrogens (tertiary/aromatic N) is 3. The summed E-state index contributed by atoms with van der Waals surface area (Å²) in [7, 11) is 0. The maximum absolute atomic E-state index is 13.1. The molecule has 1 aromatic heterocycles. The van der Waals surface area contributed by atoms with E-state index in [9.17, 15) is 9.59 Å². The molecule has 146 valence electrons. The van der Waals surface area contributed by atoms with Crippen molar-refractivity contribution in [1.82, 2.24) is 20.1 Å². The fraction of sp³-hybridized carbons (Fsp3) is 0.409. The van der Waals surface area contributed by atoms with Crippen molar-refractivity contribution in [3.63, 3.8) is 0 Å². The van der Waals surface area contributed by atoms with Crippen molar-refractivity contribution < 1.29 is 9.59 Å². The first-order valence-electron chi connectivity index (χ1n) is 9.92. The van der Waals surface area contributed by atoms with Gasteiger partial charge in [0, 0.05) is 38.1 Å². The number of carbonyl (C=O) groups excluding carboxylic acids is 2. The van der Waals surface area contributed by atoms with Gasteiger partial charge < -0.3 is 10.2 Å². The number of rotatable bonds is 5. The van der Waals surface area contributed by atoms with Crippen LogP contribution in [0.15, 0.2) is 54.9 Å². The third-order valence-corrected chi connectivity index (χ3v) is 5.70. The molecular weight excluding hydrogens is 352 g/mol. The molecule has 1 aromatic carbocycles. The van der Waals surface area contributed by atoms with Crippen molar-refractivity contribution in [2.75, 3.05) is 19.6 Å². The van der Waals surface area contributed by atoms with Gasteiger partial charge in [0.15, 0.2) is 0 Å². The summed E-state index contributed by atoms with van der Waals surface area (Å²) in [6, 6.07) is 13.8. The van der Waals surface area contributed by atoms with Crippen LogP contribution in [0.25, 0.3) is 0 Å². The van der Waals surface area contributed by atoms with Crippen LogP contribution in [0.1, 0.15) is 30.5 Å². The summed E-state index contributed by atoms with van der Waals surface area (Å²) in [6.07, 6.45) is 4.25. The normalized spacial score (nSPS) is 24.8. The van der Waals surface area contributed by atoms with Gasteiger partial charge in [0.25, 0.3) is 0 Å². The Bertz CT molecular complexity index is 827. The summed E-state index contributed by atoms with van der Waals surface area (Å²) in [5.41, 5.74) is 2.19. The van der Waals surface area contributed by atoms with E-state index in [-0.39, 0.29) is 29.8 Å². The number of nitrogens with one attached hydrogen (secondary N) is 1. The van der Waals surface area contributed by atoms with Crippen molar-refractivity contribution in [2.24, 2.45) is 5.92 Å². The number of carbonyl (C=O) groups is 2. The largest absolute Gasteiger partial charge is 0.356 e. The third-order valence-electron chi connectivity index (χ3n) is 5.70. The third kappa shape index (κ3) is 3.64. The van der Waals surface area contributed by atoms with Crippen molar-refractivity contribution in [2.45, 2.75) is 32.0 Å². The van der Waals surface area contributed by atoms with Crippen LogP contribution in [0.3, 0.4) is 0 Å². The molecule has 0 spiro atoms. The lowest BCUT2D eigenvalue weighted by Crippen LogP contribution is -2.54. The van der Waals surface area contributed by atoms with E-state index < -0.39 is 0 Å². The number of pyridine rings is 1. The number of piperazine rings is 1. The van der Waals surface area contributed by atoms with Crippen LogP contribution < -0.4 is 5.32 Å². The number of hydrogen-bond acceptors (Lipinski definition) is 4. The first-order valence-corrected chi connectivity index (χ1v) is 9.92. The van der Waals surface area contributed by atoms with E-state index in [0.717, 1.165) is 24.2 Å². The predicted molar refractivity (Wildman–Crippen MR) is 106 cm³/mol. The minimum absolute atomic E-state index is 0.0410. The van der Waals surface area contributed by atoms with Gasteiger partial charge in [0.05, 0.1) is 18.5 Å². The highest BCUT2D eigenvalue weighted by molar-refractivity contribution is 5.85. The van der Waals surface area contributed by atoms with E-state index in [1.165, 1.54) is 0 Å². The van der Waals surface area contributed by atoms with Crippen molar-refractivity contribution in [1.29, 1.82) is 0 Å². The summed E-state index contributed by atoms with van der Waals surface area (Å²) in [5, 5.41) is 2.97. The molecule has 3 heterocycles. The Morgan fingerprint density at radius 2 is 1.93 bits per heavy atom. The van der Waals surface area contributed by atoms with E-state index in [4.69, 9.17) is 0 Å². The zero-order chi connectivity index (χ0) is 19.5. The highest BCUT2D eigenvalue weighted by atomic mass is 16.2. The van der Waals surface area contributed by atoms with E-state index in [1.807, 2.05) is 54.3 Å². The summed E-state index contributed by atoms with van der Waals surface area (Å²) < 4.78 is 0. The number of benzene rings is 1. The molecule has 28 heavy (non-hydrogen) atoms. The number of amides is 2. The second kappa shape index (κ2) is 8.10. The summed E-state index contributed by atoms with van der Waals surface area (Å²) in [6.45, 7) is 4.42. The van der Waals surface area contributed by atoms with Crippen LogP contribution in [0.2, 0.25) is 0 Å². The Kier molecular flexibility index (Phi) is 5.39. The van der Waals surface area contributed by atoms with Gasteiger partial charge in [-0.05, 0) is 36.6 Å². The van der Waals surface area contributed by atoms with Crippen LogP contribution in [-0.2, 0) is 16.1 Å². The van der Waals surface area contributed by atoms with Gasteiger partial charge in [-0.3, -0.25) is 19.5 Å². The molecule has 4 rings (SSSR count). The van der Waals surface area contributed by atoms with E-state index in [0.29, 0.717) is 19.5 Å². The Hall–Kier alpha value is -2.73. The van der Waals surface area contributed by atoms with Gasteiger partial charge in [-0.1, -0.05) is 30.3 Å². The molecule has 2 fully saturated rings. The van der Waals surface area contributed by atoms with Crippen LogP contribution in [0.5, 0.6) is 0 Å². The summed E-state index contributed by atoms with van der Waals surface area (Å²) in [4.78, 5) is 34.1. The molecule has 6 nitrogen and oxygen atoms in total. The SMILES string of the molecule is CCNC(=O)C1C[C@@H]2CN(Cc3ccncc3)CC(=O)N2C1c1ccccc1. The molecular formula is C22H26N4O2. The number of hydrogen-bond donors (Lipinski definition) is 1. The van der Waals surface area contributed by atoms with Crippen molar-refractivity contribution in [3.8, 4) is 0 Å². The smallest absolute Gasteiger partial charge is 0.237 e. The van der Waals surface area contributed by atoms with E-state index in [2.05, 4.69) is 15.2 Å². The van der Waals surface area contributed by atoms with Gasteiger partial charge in [0.1, 0.15) is 0 Å². The molecule has 1 N–H and O–H groups in total. The average Bonchev–Trinajstić information content (AvgIpc) is 3.10. The maximum atomic E-state index is 13.1. The molecule has 2 aliphatic rings. The minimum Gasteiger partial charge on any atom is -0.356 e. The van der Waals surface area contributed by atoms with Crippen LogP contribution in [0, 0.1) is 5.92 Å². The number of fused-ring (bicyclic) bond motifs is 1. The number of aromatic nitrogens is 1. The fourth-order valence-corrected chi connectivity index (χ4v) is 4.58. The minimum atomic E-state index is -0.211. The Labute approximate surface area is 165 Å². The van der Waals surface area contributed by atoms with E-state index >= 15 is 0 Å². The molecule has 6 heteroatoms. The average molecular weight is 378 g/mol.